The van der Waals surface area contributed by atoms with Crippen molar-refractivity contribution in [2.75, 3.05) is 19.7 Å². The summed E-state index contributed by atoms with van der Waals surface area (Å²) < 4.78 is 19.9. The monoisotopic (exact) mass is 599 g/mol. The van der Waals surface area contributed by atoms with Gasteiger partial charge in [-0.25, -0.2) is 10.0 Å². The summed E-state index contributed by atoms with van der Waals surface area (Å²) in [6, 6.07) is 15.8. The molecule has 1 saturated heterocycles. The third-order valence-corrected chi connectivity index (χ3v) is 9.03. The fraction of sp³-hybridized carbons (Fsp3) is 0.364. The van der Waals surface area contributed by atoms with Gasteiger partial charge in [-0.3, -0.25) is 9.59 Å². The lowest BCUT2D eigenvalue weighted by atomic mass is 9.83. The first-order valence-corrected chi connectivity index (χ1v) is 14.8. The second-order valence-electron chi connectivity index (χ2n) is 12.5. The molecule has 1 unspecified atom stereocenters. The minimum atomic E-state index is -1.24. The highest BCUT2D eigenvalue weighted by atomic mass is 16.8. The molecular formula is C33H33N3O8. The van der Waals surface area contributed by atoms with Gasteiger partial charge in [-0.1, -0.05) is 30.3 Å². The molecule has 0 radical (unpaired) electrons. The SMILES string of the molecule is CC1(C)CCc2c(cc(OCC(=O)N3C[C@@H]4C[C@@H](C3)c3ccc([NH+]([O-])O)c(=O)n3C4)c3c(-c4ccccc4)cc(=O)oc23)O1. The molecule has 7 rings (SSSR count). The van der Waals surface area contributed by atoms with Crippen molar-refractivity contribution in [2.24, 2.45) is 5.92 Å². The van der Waals surface area contributed by atoms with E-state index in [0.717, 1.165) is 29.7 Å². The van der Waals surface area contributed by atoms with Crippen molar-refractivity contribution in [3.63, 3.8) is 0 Å². The van der Waals surface area contributed by atoms with Gasteiger partial charge in [0, 0.05) is 60.6 Å². The molecule has 44 heavy (non-hydrogen) atoms. The number of nitrogens with one attached hydrogen (secondary N) is 1. The number of quaternary nitrogens is 1. The molecule has 1 amide bonds. The van der Waals surface area contributed by atoms with Crippen LogP contribution in [-0.2, 0) is 17.8 Å². The lowest BCUT2D eigenvalue weighted by Gasteiger charge is -2.42. The second kappa shape index (κ2) is 10.6. The number of hydrogen-bond acceptors (Lipinski definition) is 8. The number of rotatable bonds is 5. The Labute approximate surface area is 252 Å². The number of piperidine rings is 1. The Kier molecular flexibility index (Phi) is 6.84. The molecule has 3 atom stereocenters. The van der Waals surface area contributed by atoms with Crippen LogP contribution in [0.3, 0.4) is 0 Å². The first-order valence-electron chi connectivity index (χ1n) is 14.8. The van der Waals surface area contributed by atoms with E-state index in [0.29, 0.717) is 54.1 Å². The zero-order chi connectivity index (χ0) is 30.7. The summed E-state index contributed by atoms with van der Waals surface area (Å²) in [5.41, 5.74) is 1.79. The van der Waals surface area contributed by atoms with E-state index in [-0.39, 0.29) is 30.0 Å². The molecule has 2 aromatic carbocycles. The maximum absolute atomic E-state index is 13.6. The second-order valence-corrected chi connectivity index (χ2v) is 12.5. The lowest BCUT2D eigenvalue weighted by Crippen LogP contribution is -3.00. The van der Waals surface area contributed by atoms with Crippen LogP contribution in [0.5, 0.6) is 11.5 Å². The van der Waals surface area contributed by atoms with Gasteiger partial charge in [0.1, 0.15) is 22.7 Å². The third kappa shape index (κ3) is 4.96. The van der Waals surface area contributed by atoms with Crippen LogP contribution in [-0.4, -0.2) is 45.9 Å². The van der Waals surface area contributed by atoms with Crippen molar-refractivity contribution in [3.8, 4) is 22.6 Å². The minimum absolute atomic E-state index is 0.0195. The number of carbonyl (C=O) groups excluding carboxylic acids is 1. The molecule has 0 aliphatic carbocycles. The topological polar surface area (TPSA) is 139 Å². The Morgan fingerprint density at radius 1 is 1.11 bits per heavy atom. The molecule has 4 aromatic rings. The number of pyridine rings is 1. The lowest BCUT2D eigenvalue weighted by molar-refractivity contribution is -0.992. The Bertz CT molecular complexity index is 1900. The largest absolute Gasteiger partial charge is 0.595 e. The summed E-state index contributed by atoms with van der Waals surface area (Å²) >= 11 is 0. The Morgan fingerprint density at radius 3 is 2.68 bits per heavy atom. The smallest absolute Gasteiger partial charge is 0.336 e. The van der Waals surface area contributed by atoms with Crippen LogP contribution >= 0.6 is 0 Å². The minimum Gasteiger partial charge on any atom is -0.595 e. The number of fused-ring (bicyclic) bond motifs is 7. The number of likely N-dealkylation sites (tertiary alicyclic amines) is 1. The van der Waals surface area contributed by atoms with E-state index >= 15 is 0 Å². The molecule has 3 aliphatic rings. The fourth-order valence-corrected chi connectivity index (χ4v) is 6.95. The highest BCUT2D eigenvalue weighted by Crippen LogP contribution is 2.45. The quantitative estimate of drug-likeness (QED) is 0.264. The van der Waals surface area contributed by atoms with E-state index < -0.39 is 22.0 Å². The fourth-order valence-electron chi connectivity index (χ4n) is 6.95. The summed E-state index contributed by atoms with van der Waals surface area (Å²) in [4.78, 5) is 40.9. The van der Waals surface area contributed by atoms with Gasteiger partial charge in [-0.05, 0) is 50.7 Å². The molecular weight excluding hydrogens is 566 g/mol. The zero-order valence-corrected chi connectivity index (χ0v) is 24.5. The van der Waals surface area contributed by atoms with Crippen molar-refractivity contribution in [1.82, 2.24) is 9.47 Å². The van der Waals surface area contributed by atoms with E-state index in [1.165, 1.54) is 12.1 Å². The average Bonchev–Trinajstić information content (AvgIpc) is 2.99. The standard InChI is InChI=1S/C33H33N3O8/c1-33(2)11-10-22-26(44-33)14-27(30-23(13-29(38)43-31(22)30)20-6-4-3-5-7-20)42-18-28(37)34-15-19-12-21(17-34)24-8-9-25(36(40)41)32(39)35(24)16-19/h3-9,13-14,19,21,36,40H,10-12,15-18H2,1-2H3/t19-,21-/m0/s1. The van der Waals surface area contributed by atoms with Crippen LogP contribution in [0, 0.1) is 11.1 Å². The highest BCUT2D eigenvalue weighted by Gasteiger charge is 2.38. The van der Waals surface area contributed by atoms with Gasteiger partial charge in [-0.15, -0.1) is 0 Å². The van der Waals surface area contributed by atoms with Gasteiger partial charge in [0.25, 0.3) is 5.91 Å². The first kappa shape index (κ1) is 28.3. The van der Waals surface area contributed by atoms with Crippen LogP contribution < -0.4 is 25.9 Å². The number of benzene rings is 2. The highest BCUT2D eigenvalue weighted by molar-refractivity contribution is 6.00. The molecule has 0 spiro atoms. The van der Waals surface area contributed by atoms with Crippen LogP contribution in [0.4, 0.5) is 5.69 Å². The van der Waals surface area contributed by atoms with E-state index in [1.54, 1.807) is 21.6 Å². The van der Waals surface area contributed by atoms with Crippen LogP contribution in [0.1, 0.15) is 43.9 Å². The first-order chi connectivity index (χ1) is 21.1. The summed E-state index contributed by atoms with van der Waals surface area (Å²) in [5.74, 6) is 0.693. The zero-order valence-electron chi connectivity index (χ0n) is 24.5. The van der Waals surface area contributed by atoms with Gasteiger partial charge in [0.2, 0.25) is 5.69 Å². The van der Waals surface area contributed by atoms with Gasteiger partial charge < -0.3 is 28.6 Å². The van der Waals surface area contributed by atoms with Crippen molar-refractivity contribution in [1.29, 1.82) is 0 Å². The Balaban J connectivity index is 1.21. The van der Waals surface area contributed by atoms with Crippen LogP contribution in [0.15, 0.2) is 68.6 Å². The van der Waals surface area contributed by atoms with Crippen LogP contribution in [0.2, 0.25) is 0 Å². The van der Waals surface area contributed by atoms with Gasteiger partial charge in [0.05, 0.1) is 5.39 Å². The summed E-state index contributed by atoms with van der Waals surface area (Å²) in [6.45, 7) is 4.96. The number of ether oxygens (including phenoxy) is 2. The van der Waals surface area contributed by atoms with Gasteiger partial charge in [-0.2, -0.15) is 5.23 Å². The predicted molar refractivity (Wildman–Crippen MR) is 160 cm³/mol. The third-order valence-electron chi connectivity index (χ3n) is 9.03. The Hall–Kier alpha value is -4.45. The number of amides is 1. The van der Waals surface area contributed by atoms with E-state index in [4.69, 9.17) is 13.9 Å². The van der Waals surface area contributed by atoms with Crippen molar-refractivity contribution in [2.45, 2.75) is 51.2 Å². The normalized spacial score (nSPS) is 20.8. The molecule has 2 bridgehead atoms. The maximum Gasteiger partial charge on any atom is 0.336 e. The number of carbonyl (C=O) groups is 1. The summed E-state index contributed by atoms with van der Waals surface area (Å²) in [5, 5.41) is 20.2. The van der Waals surface area contributed by atoms with E-state index in [9.17, 15) is 24.8 Å². The van der Waals surface area contributed by atoms with Gasteiger partial charge in [0.15, 0.2) is 6.61 Å². The molecule has 11 nitrogen and oxygen atoms in total. The summed E-state index contributed by atoms with van der Waals surface area (Å²) in [7, 11) is 0. The molecule has 1 fully saturated rings. The van der Waals surface area contributed by atoms with Crippen LogP contribution in [0.25, 0.3) is 22.1 Å². The van der Waals surface area contributed by atoms with E-state index in [2.05, 4.69) is 0 Å². The average molecular weight is 600 g/mol. The van der Waals surface area contributed by atoms with Crippen molar-refractivity contribution >= 4 is 22.6 Å². The number of hydrogen-bond donors (Lipinski definition) is 2. The molecule has 2 aromatic heterocycles. The number of aryl methyl sites for hydroxylation is 1. The van der Waals surface area contributed by atoms with Gasteiger partial charge >= 0.3 is 11.2 Å². The molecule has 5 heterocycles. The molecule has 2 N–H and O–H groups in total. The number of aromatic nitrogens is 1. The maximum atomic E-state index is 13.6. The molecule has 3 aliphatic heterocycles. The van der Waals surface area contributed by atoms with Crippen molar-refractivity contribution < 1.29 is 29.1 Å². The number of nitrogens with zero attached hydrogens (tertiary/aromatic N) is 2. The molecule has 11 heteroatoms. The Morgan fingerprint density at radius 2 is 1.91 bits per heavy atom. The van der Waals surface area contributed by atoms with Crippen molar-refractivity contribution in [3.05, 3.63) is 91.8 Å². The molecule has 228 valence electrons. The summed E-state index contributed by atoms with van der Waals surface area (Å²) in [6.07, 6.45) is 2.23. The predicted octanol–water partition coefficient (Wildman–Crippen LogP) is 3.15. The molecule has 0 saturated carbocycles. The van der Waals surface area contributed by atoms with E-state index in [1.807, 2.05) is 44.2 Å².